The van der Waals surface area contributed by atoms with Crippen molar-refractivity contribution in [3.05, 3.63) is 11.6 Å². The zero-order chi connectivity index (χ0) is 29.3. The average molecular weight is 577 g/mol. The van der Waals surface area contributed by atoms with Crippen LogP contribution in [0.1, 0.15) is 85.5 Å². The van der Waals surface area contributed by atoms with E-state index in [2.05, 4.69) is 13.8 Å². The average Bonchev–Trinajstić information content (AvgIpc) is 3.46. The van der Waals surface area contributed by atoms with Gasteiger partial charge in [0.25, 0.3) is 0 Å². The molecule has 9 heteroatoms. The van der Waals surface area contributed by atoms with Crippen LogP contribution in [-0.4, -0.2) is 78.3 Å². The third-order valence-electron chi connectivity index (χ3n) is 12.6. The zero-order valence-corrected chi connectivity index (χ0v) is 25.2. The smallest absolute Gasteiger partial charge is 0.331 e. The van der Waals surface area contributed by atoms with Gasteiger partial charge in [-0.05, 0) is 99.4 Å². The number of aliphatic hydroxyl groups is 2. The molecule has 5 fully saturated rings. The van der Waals surface area contributed by atoms with E-state index < -0.39 is 42.3 Å². The Morgan fingerprint density at radius 1 is 1.05 bits per heavy atom. The first-order valence-corrected chi connectivity index (χ1v) is 15.7. The van der Waals surface area contributed by atoms with Gasteiger partial charge < -0.3 is 33.9 Å². The number of rotatable bonds is 5. The highest BCUT2D eigenvalue weighted by atomic mass is 16.7. The van der Waals surface area contributed by atoms with Gasteiger partial charge in [-0.15, -0.1) is 0 Å². The quantitative estimate of drug-likeness (QED) is 0.373. The summed E-state index contributed by atoms with van der Waals surface area (Å²) in [6, 6.07) is 0. The van der Waals surface area contributed by atoms with E-state index in [0.717, 1.165) is 63.4 Å². The Kier molecular flexibility index (Phi) is 7.62. The fourth-order valence-corrected chi connectivity index (χ4v) is 10.4. The molecule has 0 aromatic carbocycles. The van der Waals surface area contributed by atoms with Gasteiger partial charge in [0.15, 0.2) is 12.4 Å². The van der Waals surface area contributed by atoms with E-state index in [1.54, 1.807) is 13.0 Å². The van der Waals surface area contributed by atoms with Crippen LogP contribution < -0.4 is 0 Å². The highest BCUT2D eigenvalue weighted by Crippen LogP contribution is 2.70. The molecule has 0 radical (unpaired) electrons. The number of carbonyl (C=O) groups excluding carboxylic acids is 2. The molecule has 230 valence electrons. The number of cyclic esters (lactones) is 1. The molecule has 2 heterocycles. The first-order chi connectivity index (χ1) is 19.4. The minimum Gasteiger partial charge on any atom is -0.458 e. The summed E-state index contributed by atoms with van der Waals surface area (Å²) in [5.41, 5.74) is 0.221. The summed E-state index contributed by atoms with van der Waals surface area (Å²) in [4.78, 5) is 23.7. The fraction of sp³-hybridized carbons (Fsp3) is 0.875. The van der Waals surface area contributed by atoms with Gasteiger partial charge in [0.1, 0.15) is 18.8 Å². The summed E-state index contributed by atoms with van der Waals surface area (Å²) >= 11 is 0. The van der Waals surface area contributed by atoms with Gasteiger partial charge >= 0.3 is 11.9 Å². The molecular weight excluding hydrogens is 528 g/mol. The maximum absolute atomic E-state index is 12.5. The van der Waals surface area contributed by atoms with Crippen molar-refractivity contribution in [1.82, 2.24) is 0 Å². The van der Waals surface area contributed by atoms with Crippen molar-refractivity contribution in [2.75, 3.05) is 13.7 Å². The Hall–Kier alpha value is -1.52. The van der Waals surface area contributed by atoms with Crippen LogP contribution in [0.4, 0.5) is 0 Å². The van der Waals surface area contributed by atoms with Gasteiger partial charge in [-0.2, -0.15) is 0 Å². The van der Waals surface area contributed by atoms with E-state index in [0.29, 0.717) is 18.4 Å². The van der Waals surface area contributed by atoms with E-state index in [4.69, 9.17) is 23.7 Å². The standard InChI is InChI=1S/C32H48O9/c1-17-26(35)27(37-5)28(40-18(2)33)29(39-17)41-21-8-11-30(3)20(15-21)6-7-24-23(30)9-12-31(4)22(10-13-32(24,31)36)19-14-25(34)38-16-19/h14,17,20-24,26-29,35-36H,6-13,15-16H2,1-5H3/t17-,20+,21-,22-,23+,24-,26-,27+,28-,29-,30-,31+,32-/m0/s1. The van der Waals surface area contributed by atoms with E-state index in [1.165, 1.54) is 14.0 Å². The van der Waals surface area contributed by atoms with Gasteiger partial charge in [0.2, 0.25) is 0 Å². The maximum Gasteiger partial charge on any atom is 0.331 e. The van der Waals surface area contributed by atoms with Crippen molar-refractivity contribution in [3.8, 4) is 0 Å². The molecule has 0 spiro atoms. The lowest BCUT2D eigenvalue weighted by atomic mass is 9.43. The van der Waals surface area contributed by atoms with Crippen molar-refractivity contribution < 1.29 is 43.5 Å². The minimum atomic E-state index is -0.926. The molecule has 9 nitrogen and oxygen atoms in total. The number of esters is 2. The number of ether oxygens (including phenoxy) is 5. The number of hydrogen-bond donors (Lipinski definition) is 2. The summed E-state index contributed by atoms with van der Waals surface area (Å²) in [6.45, 7) is 8.19. The van der Waals surface area contributed by atoms with Gasteiger partial charge in [-0.1, -0.05) is 13.8 Å². The highest BCUT2D eigenvalue weighted by molar-refractivity contribution is 5.85. The topological polar surface area (TPSA) is 121 Å². The third-order valence-corrected chi connectivity index (χ3v) is 12.6. The largest absolute Gasteiger partial charge is 0.458 e. The molecule has 41 heavy (non-hydrogen) atoms. The van der Waals surface area contributed by atoms with Crippen LogP contribution in [0.2, 0.25) is 0 Å². The summed E-state index contributed by atoms with van der Waals surface area (Å²) in [6.07, 6.45) is 6.35. The second-order valence-corrected chi connectivity index (χ2v) is 14.3. The molecule has 6 aliphatic rings. The summed E-state index contributed by atoms with van der Waals surface area (Å²) in [5.74, 6) is 0.650. The molecule has 0 bridgehead atoms. The van der Waals surface area contributed by atoms with Crippen molar-refractivity contribution in [3.63, 3.8) is 0 Å². The van der Waals surface area contributed by atoms with Gasteiger partial charge in [0.05, 0.1) is 17.8 Å². The number of methoxy groups -OCH3 is 1. The number of aliphatic hydroxyl groups excluding tert-OH is 1. The second kappa shape index (κ2) is 10.6. The van der Waals surface area contributed by atoms with Gasteiger partial charge in [0, 0.05) is 25.5 Å². The summed E-state index contributed by atoms with van der Waals surface area (Å²) in [5, 5.41) is 23.1. The van der Waals surface area contributed by atoms with E-state index >= 15 is 0 Å². The molecule has 0 unspecified atom stereocenters. The molecule has 6 rings (SSSR count). The zero-order valence-electron chi connectivity index (χ0n) is 25.2. The first-order valence-electron chi connectivity index (χ1n) is 15.7. The lowest BCUT2D eigenvalue weighted by molar-refractivity contribution is -0.315. The predicted molar refractivity (Wildman–Crippen MR) is 147 cm³/mol. The monoisotopic (exact) mass is 576 g/mol. The first kappa shape index (κ1) is 29.5. The Labute approximate surface area is 243 Å². The normalized spacial score (nSPS) is 51.2. The van der Waals surface area contributed by atoms with Crippen molar-refractivity contribution >= 4 is 11.9 Å². The lowest BCUT2D eigenvalue weighted by Gasteiger charge is -2.64. The Balaban J connectivity index is 1.16. The Bertz CT molecular complexity index is 1080. The second-order valence-electron chi connectivity index (χ2n) is 14.3. The van der Waals surface area contributed by atoms with Crippen LogP contribution in [0, 0.1) is 34.5 Å². The maximum atomic E-state index is 12.5. The van der Waals surface area contributed by atoms with Crippen LogP contribution in [-0.2, 0) is 33.3 Å². The Morgan fingerprint density at radius 2 is 1.83 bits per heavy atom. The summed E-state index contributed by atoms with van der Waals surface area (Å²) < 4.78 is 28.9. The van der Waals surface area contributed by atoms with Crippen LogP contribution in [0.5, 0.6) is 0 Å². The van der Waals surface area contributed by atoms with Crippen molar-refractivity contribution in [2.45, 2.75) is 128 Å². The molecule has 4 saturated carbocycles. The highest BCUT2D eigenvalue weighted by Gasteiger charge is 2.67. The molecular formula is C32H48O9. The van der Waals surface area contributed by atoms with Crippen molar-refractivity contribution in [1.29, 1.82) is 0 Å². The minimum absolute atomic E-state index is 0.0488. The van der Waals surface area contributed by atoms with E-state index in [9.17, 15) is 19.8 Å². The van der Waals surface area contributed by atoms with E-state index in [1.807, 2.05) is 0 Å². The molecule has 13 atom stereocenters. The van der Waals surface area contributed by atoms with Gasteiger partial charge in [-0.3, -0.25) is 4.79 Å². The number of fused-ring (bicyclic) bond motifs is 5. The molecule has 4 aliphatic carbocycles. The molecule has 0 aromatic rings. The third kappa shape index (κ3) is 4.60. The van der Waals surface area contributed by atoms with Crippen molar-refractivity contribution in [2.24, 2.45) is 34.5 Å². The summed E-state index contributed by atoms with van der Waals surface area (Å²) in [7, 11) is 1.50. The van der Waals surface area contributed by atoms with Crippen LogP contribution in [0.25, 0.3) is 0 Å². The Morgan fingerprint density at radius 3 is 2.51 bits per heavy atom. The lowest BCUT2D eigenvalue weighted by Crippen LogP contribution is -2.63. The van der Waals surface area contributed by atoms with Crippen LogP contribution >= 0.6 is 0 Å². The number of hydrogen-bond acceptors (Lipinski definition) is 9. The number of carbonyl (C=O) groups is 2. The molecule has 1 saturated heterocycles. The predicted octanol–water partition coefficient (Wildman–Crippen LogP) is 3.68. The van der Waals surface area contributed by atoms with Crippen LogP contribution in [0.3, 0.4) is 0 Å². The SMILES string of the molecule is CO[C@@H]1[C@@H](O)[C@H](C)O[C@@H](O[C@H]2CC[C@@]3(C)[C@H](CC[C@H]4[C@H]3CC[C@]3(C)[C@H](C5=CC(=O)OC5)CC[C@]43O)C2)[C@H]1OC(C)=O. The fourth-order valence-electron chi connectivity index (χ4n) is 10.4. The molecule has 2 N–H and O–H groups in total. The molecule has 0 amide bonds. The molecule has 0 aromatic heterocycles. The van der Waals surface area contributed by atoms with Gasteiger partial charge in [-0.25, -0.2) is 4.79 Å². The van der Waals surface area contributed by atoms with E-state index in [-0.39, 0.29) is 34.7 Å². The van der Waals surface area contributed by atoms with Crippen LogP contribution in [0.15, 0.2) is 11.6 Å². The molecule has 2 aliphatic heterocycles.